The second-order valence-corrected chi connectivity index (χ2v) is 2.92. The summed E-state index contributed by atoms with van der Waals surface area (Å²) in [6.07, 6.45) is 5.18. The molecule has 2 nitrogen and oxygen atoms in total. The van der Waals surface area contributed by atoms with E-state index in [1.165, 1.54) is 7.11 Å². The molecule has 0 aromatic heterocycles. The molecule has 0 bridgehead atoms. The molecule has 62 valence electrons. The van der Waals surface area contributed by atoms with Crippen molar-refractivity contribution < 1.29 is 9.84 Å². The van der Waals surface area contributed by atoms with Crippen molar-refractivity contribution in [3.8, 4) is 23.8 Å². The normalized spacial score (nSPS) is 9.08. The van der Waals surface area contributed by atoms with Crippen LogP contribution in [0, 0.1) is 12.3 Å². The fourth-order valence-electron chi connectivity index (χ4n) is 0.823. The maximum absolute atomic E-state index is 9.44. The van der Waals surface area contributed by atoms with E-state index in [1.54, 1.807) is 12.1 Å². The fraction of sp³-hybridized carbons (Fsp3) is 0.111. The molecule has 0 radical (unpaired) electrons. The van der Waals surface area contributed by atoms with Crippen molar-refractivity contribution in [3.05, 3.63) is 22.2 Å². The molecule has 0 amide bonds. The number of terminal acetylenes is 1. The van der Waals surface area contributed by atoms with Crippen LogP contribution in [0.3, 0.4) is 0 Å². The molecule has 0 aliphatic rings. The summed E-state index contributed by atoms with van der Waals surface area (Å²) < 4.78 is 5.37. The van der Waals surface area contributed by atoms with Crippen molar-refractivity contribution in [2.75, 3.05) is 7.11 Å². The Bertz CT molecular complexity index is 339. The van der Waals surface area contributed by atoms with Gasteiger partial charge in [-0.15, -0.1) is 6.42 Å². The Morgan fingerprint density at radius 3 is 2.75 bits per heavy atom. The van der Waals surface area contributed by atoms with Crippen molar-refractivity contribution in [3.63, 3.8) is 0 Å². The zero-order valence-corrected chi connectivity index (χ0v) is 8.05. The summed E-state index contributed by atoms with van der Waals surface area (Å²) in [4.78, 5) is 0. The molecular formula is C9H7BrO2. The molecule has 0 unspecified atom stereocenters. The van der Waals surface area contributed by atoms with Crippen molar-refractivity contribution in [2.24, 2.45) is 0 Å². The first-order chi connectivity index (χ1) is 5.70. The van der Waals surface area contributed by atoms with Crippen LogP contribution in [-0.2, 0) is 0 Å². The first kappa shape index (κ1) is 8.95. The summed E-state index contributed by atoms with van der Waals surface area (Å²) in [5.74, 6) is 2.86. The predicted molar refractivity (Wildman–Crippen MR) is 50.3 cm³/mol. The molecule has 0 heterocycles. The standard InChI is InChI=1S/C9H7BrO2/c1-3-6-4-5-7(12-2)9(11)8(6)10/h1,4-5,11H,2H3. The third-order valence-electron chi connectivity index (χ3n) is 1.45. The Balaban J connectivity index is 3.32. The number of rotatable bonds is 1. The first-order valence-corrected chi connectivity index (χ1v) is 4.02. The van der Waals surface area contributed by atoms with Gasteiger partial charge < -0.3 is 9.84 Å². The lowest BCUT2D eigenvalue weighted by molar-refractivity contribution is 0.372. The molecule has 0 fully saturated rings. The summed E-state index contributed by atoms with van der Waals surface area (Å²) in [5, 5.41) is 9.44. The molecule has 3 heteroatoms. The van der Waals surface area contributed by atoms with Gasteiger partial charge in [0.25, 0.3) is 0 Å². The van der Waals surface area contributed by atoms with Crippen LogP contribution in [0.2, 0.25) is 0 Å². The highest BCUT2D eigenvalue weighted by molar-refractivity contribution is 9.10. The lowest BCUT2D eigenvalue weighted by atomic mass is 10.2. The van der Waals surface area contributed by atoms with Gasteiger partial charge in [0.1, 0.15) is 0 Å². The Hall–Kier alpha value is -1.14. The maximum Gasteiger partial charge on any atom is 0.173 e. The number of ether oxygens (including phenoxy) is 1. The number of hydrogen-bond donors (Lipinski definition) is 1. The predicted octanol–water partition coefficient (Wildman–Crippen LogP) is 2.14. The minimum absolute atomic E-state index is 0.0351. The van der Waals surface area contributed by atoms with Gasteiger partial charge >= 0.3 is 0 Å². The van der Waals surface area contributed by atoms with Crippen LogP contribution in [0.15, 0.2) is 16.6 Å². The third-order valence-corrected chi connectivity index (χ3v) is 2.26. The van der Waals surface area contributed by atoms with Gasteiger partial charge in [0.2, 0.25) is 0 Å². The Labute approximate surface area is 79.3 Å². The highest BCUT2D eigenvalue weighted by Crippen LogP contribution is 2.35. The van der Waals surface area contributed by atoms with Crippen LogP contribution in [0.5, 0.6) is 11.5 Å². The number of phenols is 1. The molecule has 0 spiro atoms. The van der Waals surface area contributed by atoms with Gasteiger partial charge in [0.15, 0.2) is 11.5 Å². The van der Waals surface area contributed by atoms with Gasteiger partial charge in [-0.3, -0.25) is 0 Å². The number of aromatic hydroxyl groups is 1. The number of benzene rings is 1. The average Bonchev–Trinajstić information content (AvgIpc) is 2.10. The lowest BCUT2D eigenvalue weighted by Crippen LogP contribution is -1.86. The molecule has 0 atom stereocenters. The van der Waals surface area contributed by atoms with E-state index < -0.39 is 0 Å². The van der Waals surface area contributed by atoms with Crippen LogP contribution >= 0.6 is 15.9 Å². The quantitative estimate of drug-likeness (QED) is 0.744. The molecule has 1 N–H and O–H groups in total. The first-order valence-electron chi connectivity index (χ1n) is 3.22. The number of hydrogen-bond acceptors (Lipinski definition) is 2. The van der Waals surface area contributed by atoms with Gasteiger partial charge in [-0.05, 0) is 28.1 Å². The number of halogens is 1. The zero-order valence-electron chi connectivity index (χ0n) is 6.47. The largest absolute Gasteiger partial charge is 0.503 e. The molecule has 0 saturated carbocycles. The number of phenolic OH excluding ortho intramolecular Hbond substituents is 1. The second kappa shape index (κ2) is 3.51. The Morgan fingerprint density at radius 2 is 2.25 bits per heavy atom. The van der Waals surface area contributed by atoms with Crippen molar-refractivity contribution >= 4 is 15.9 Å². The molecule has 1 aromatic carbocycles. The van der Waals surface area contributed by atoms with E-state index in [4.69, 9.17) is 11.2 Å². The lowest BCUT2D eigenvalue weighted by Gasteiger charge is -2.05. The molecule has 0 aliphatic heterocycles. The summed E-state index contributed by atoms with van der Waals surface area (Å²) in [5.41, 5.74) is 0.605. The van der Waals surface area contributed by atoms with Crippen LogP contribution in [-0.4, -0.2) is 12.2 Å². The second-order valence-electron chi connectivity index (χ2n) is 2.12. The van der Waals surface area contributed by atoms with E-state index in [0.29, 0.717) is 15.8 Å². The molecule has 1 aromatic rings. The van der Waals surface area contributed by atoms with Crippen LogP contribution in [0.4, 0.5) is 0 Å². The van der Waals surface area contributed by atoms with E-state index >= 15 is 0 Å². The van der Waals surface area contributed by atoms with Crippen LogP contribution < -0.4 is 4.74 Å². The van der Waals surface area contributed by atoms with Crippen LogP contribution in [0.1, 0.15) is 5.56 Å². The smallest absolute Gasteiger partial charge is 0.173 e. The summed E-state index contributed by atoms with van der Waals surface area (Å²) >= 11 is 3.16. The highest BCUT2D eigenvalue weighted by Gasteiger charge is 2.08. The minimum atomic E-state index is 0.0351. The van der Waals surface area contributed by atoms with Gasteiger partial charge in [0.05, 0.1) is 11.6 Å². The fourth-order valence-corrected chi connectivity index (χ4v) is 1.27. The summed E-state index contributed by atoms with van der Waals surface area (Å²) in [6, 6.07) is 3.32. The molecule has 0 aliphatic carbocycles. The molecular weight excluding hydrogens is 220 g/mol. The molecule has 1 rings (SSSR count). The van der Waals surface area contributed by atoms with Crippen LogP contribution in [0.25, 0.3) is 0 Å². The van der Waals surface area contributed by atoms with E-state index in [9.17, 15) is 5.11 Å². The third kappa shape index (κ3) is 1.39. The van der Waals surface area contributed by atoms with Gasteiger partial charge in [-0.2, -0.15) is 0 Å². The zero-order chi connectivity index (χ0) is 9.14. The Morgan fingerprint density at radius 1 is 1.58 bits per heavy atom. The van der Waals surface area contributed by atoms with E-state index in [2.05, 4.69) is 21.9 Å². The summed E-state index contributed by atoms with van der Waals surface area (Å²) in [6.45, 7) is 0. The molecule has 12 heavy (non-hydrogen) atoms. The average molecular weight is 227 g/mol. The highest BCUT2D eigenvalue weighted by atomic mass is 79.9. The molecule has 0 saturated heterocycles. The van der Waals surface area contributed by atoms with Crippen molar-refractivity contribution in [2.45, 2.75) is 0 Å². The Kier molecular flexibility index (Phi) is 2.61. The van der Waals surface area contributed by atoms with Gasteiger partial charge in [-0.25, -0.2) is 0 Å². The van der Waals surface area contributed by atoms with Crippen molar-refractivity contribution in [1.29, 1.82) is 0 Å². The van der Waals surface area contributed by atoms with E-state index in [1.807, 2.05) is 0 Å². The van der Waals surface area contributed by atoms with Gasteiger partial charge in [0, 0.05) is 5.56 Å². The summed E-state index contributed by atoms with van der Waals surface area (Å²) in [7, 11) is 1.48. The monoisotopic (exact) mass is 226 g/mol. The van der Waals surface area contributed by atoms with E-state index in [-0.39, 0.29) is 5.75 Å². The van der Waals surface area contributed by atoms with E-state index in [0.717, 1.165) is 0 Å². The topological polar surface area (TPSA) is 29.5 Å². The SMILES string of the molecule is C#Cc1ccc(OC)c(O)c1Br. The minimum Gasteiger partial charge on any atom is -0.503 e. The van der Waals surface area contributed by atoms with Crippen molar-refractivity contribution in [1.82, 2.24) is 0 Å². The maximum atomic E-state index is 9.44. The van der Waals surface area contributed by atoms with Gasteiger partial charge in [-0.1, -0.05) is 5.92 Å². The number of methoxy groups -OCH3 is 1.